The number of hydrogen-bond donors (Lipinski definition) is 2. The summed E-state index contributed by atoms with van der Waals surface area (Å²) < 4.78 is 16.1. The standard InChI is InChI=1S/C26H26N2O4/c1-30-23-16-20(17-24(31-2)26(23)32-3)5-4-18-8-13-22(14-9-18)28-25(29)15-10-19-6-11-21(27)12-7-19/h4-17H,27H2,1-3H3,(H,28,29)/b5-4?,15-10+. The summed E-state index contributed by atoms with van der Waals surface area (Å²) in [6.45, 7) is 0. The normalized spacial score (nSPS) is 11.0. The van der Waals surface area contributed by atoms with Gasteiger partial charge in [-0.05, 0) is 59.2 Å². The van der Waals surface area contributed by atoms with Gasteiger partial charge < -0.3 is 25.3 Å². The Hall–Kier alpha value is -4.19. The number of nitrogens with one attached hydrogen (secondary N) is 1. The Labute approximate surface area is 187 Å². The molecule has 0 aliphatic carbocycles. The van der Waals surface area contributed by atoms with Crippen molar-refractivity contribution in [2.75, 3.05) is 32.4 Å². The first kappa shape index (κ1) is 22.5. The maximum absolute atomic E-state index is 12.2. The summed E-state index contributed by atoms with van der Waals surface area (Å²) in [6, 6.07) is 18.6. The monoisotopic (exact) mass is 430 g/mol. The highest BCUT2D eigenvalue weighted by Crippen LogP contribution is 2.38. The van der Waals surface area contributed by atoms with Crippen LogP contribution in [0.25, 0.3) is 18.2 Å². The number of ether oxygens (including phenoxy) is 3. The number of methoxy groups -OCH3 is 3. The highest BCUT2D eigenvalue weighted by atomic mass is 16.5. The highest BCUT2D eigenvalue weighted by Gasteiger charge is 2.11. The molecular weight excluding hydrogens is 404 g/mol. The Kier molecular flexibility index (Phi) is 7.54. The topological polar surface area (TPSA) is 82.8 Å². The smallest absolute Gasteiger partial charge is 0.248 e. The quantitative estimate of drug-likeness (QED) is 0.295. The molecule has 3 aromatic carbocycles. The van der Waals surface area contributed by atoms with Crippen molar-refractivity contribution in [3.05, 3.63) is 83.4 Å². The second-order valence-corrected chi connectivity index (χ2v) is 6.90. The summed E-state index contributed by atoms with van der Waals surface area (Å²) in [5, 5.41) is 2.85. The molecule has 0 saturated carbocycles. The maximum Gasteiger partial charge on any atom is 0.248 e. The van der Waals surface area contributed by atoms with Gasteiger partial charge in [0.05, 0.1) is 21.3 Å². The lowest BCUT2D eigenvalue weighted by Gasteiger charge is -2.12. The largest absolute Gasteiger partial charge is 0.493 e. The first-order valence-electron chi connectivity index (χ1n) is 9.95. The van der Waals surface area contributed by atoms with Crippen LogP contribution >= 0.6 is 0 Å². The number of carbonyl (C=O) groups is 1. The van der Waals surface area contributed by atoms with Crippen LogP contribution in [0.15, 0.2) is 66.7 Å². The fourth-order valence-corrected chi connectivity index (χ4v) is 3.03. The molecule has 32 heavy (non-hydrogen) atoms. The van der Waals surface area contributed by atoms with E-state index in [4.69, 9.17) is 19.9 Å². The van der Waals surface area contributed by atoms with Crippen LogP contribution in [-0.2, 0) is 4.79 Å². The van der Waals surface area contributed by atoms with Crippen LogP contribution in [0.1, 0.15) is 16.7 Å². The Morgan fingerprint density at radius 2 is 1.28 bits per heavy atom. The van der Waals surface area contributed by atoms with Crippen LogP contribution in [0.2, 0.25) is 0 Å². The van der Waals surface area contributed by atoms with Crippen LogP contribution in [-0.4, -0.2) is 27.2 Å². The predicted molar refractivity (Wildman–Crippen MR) is 130 cm³/mol. The van der Waals surface area contributed by atoms with Crippen molar-refractivity contribution in [3.8, 4) is 17.2 Å². The lowest BCUT2D eigenvalue weighted by molar-refractivity contribution is -0.111. The molecule has 0 radical (unpaired) electrons. The molecule has 3 N–H and O–H groups in total. The summed E-state index contributed by atoms with van der Waals surface area (Å²) in [5.41, 5.74) is 9.85. The van der Waals surface area contributed by atoms with Gasteiger partial charge in [-0.2, -0.15) is 0 Å². The zero-order chi connectivity index (χ0) is 22.9. The van der Waals surface area contributed by atoms with Gasteiger partial charge in [0.25, 0.3) is 0 Å². The fraction of sp³-hybridized carbons (Fsp3) is 0.115. The molecule has 0 heterocycles. The number of benzene rings is 3. The second-order valence-electron chi connectivity index (χ2n) is 6.90. The van der Waals surface area contributed by atoms with Crippen molar-refractivity contribution >= 4 is 35.5 Å². The zero-order valence-corrected chi connectivity index (χ0v) is 18.3. The van der Waals surface area contributed by atoms with Gasteiger partial charge in [0, 0.05) is 17.5 Å². The Bertz CT molecular complexity index is 1090. The number of rotatable bonds is 8. The molecule has 0 aromatic heterocycles. The molecule has 0 aliphatic heterocycles. The molecule has 164 valence electrons. The SMILES string of the molecule is COc1cc(C=Cc2ccc(NC(=O)/C=C/c3ccc(N)cc3)cc2)cc(OC)c1OC. The van der Waals surface area contributed by atoms with E-state index in [9.17, 15) is 4.79 Å². The summed E-state index contributed by atoms with van der Waals surface area (Å²) in [6.07, 6.45) is 7.15. The van der Waals surface area contributed by atoms with Crippen molar-refractivity contribution in [2.45, 2.75) is 0 Å². The van der Waals surface area contributed by atoms with E-state index in [1.807, 2.05) is 60.7 Å². The third-order valence-electron chi connectivity index (χ3n) is 4.70. The molecule has 0 bridgehead atoms. The van der Waals surface area contributed by atoms with Gasteiger partial charge in [-0.1, -0.05) is 36.4 Å². The van der Waals surface area contributed by atoms with Gasteiger partial charge in [-0.3, -0.25) is 4.79 Å². The lowest BCUT2D eigenvalue weighted by Crippen LogP contribution is -2.07. The van der Waals surface area contributed by atoms with Crippen molar-refractivity contribution in [2.24, 2.45) is 0 Å². The van der Waals surface area contributed by atoms with Crippen molar-refractivity contribution in [1.29, 1.82) is 0 Å². The first-order valence-corrected chi connectivity index (χ1v) is 9.95. The van der Waals surface area contributed by atoms with E-state index in [1.165, 1.54) is 6.08 Å². The van der Waals surface area contributed by atoms with E-state index >= 15 is 0 Å². The molecule has 0 aliphatic rings. The second kappa shape index (κ2) is 10.7. The summed E-state index contributed by atoms with van der Waals surface area (Å²) in [4.78, 5) is 12.2. The molecule has 6 nitrogen and oxygen atoms in total. The van der Waals surface area contributed by atoms with Crippen LogP contribution in [0.5, 0.6) is 17.2 Å². The minimum absolute atomic E-state index is 0.206. The number of hydrogen-bond acceptors (Lipinski definition) is 5. The van der Waals surface area contributed by atoms with E-state index in [2.05, 4.69) is 5.32 Å². The van der Waals surface area contributed by atoms with Crippen molar-refractivity contribution in [3.63, 3.8) is 0 Å². The Morgan fingerprint density at radius 3 is 1.84 bits per heavy atom. The van der Waals surface area contributed by atoms with Crippen molar-refractivity contribution < 1.29 is 19.0 Å². The number of anilines is 2. The van der Waals surface area contributed by atoms with Crippen LogP contribution in [0.4, 0.5) is 11.4 Å². The average Bonchev–Trinajstić information content (AvgIpc) is 2.82. The van der Waals surface area contributed by atoms with E-state index < -0.39 is 0 Å². The van der Waals surface area contributed by atoms with E-state index in [0.29, 0.717) is 28.6 Å². The molecule has 0 unspecified atom stereocenters. The molecule has 0 fully saturated rings. The molecule has 3 rings (SSSR count). The summed E-state index contributed by atoms with van der Waals surface area (Å²) in [5.74, 6) is 1.54. The van der Waals surface area contributed by atoms with E-state index in [1.54, 1.807) is 39.5 Å². The third-order valence-corrected chi connectivity index (χ3v) is 4.70. The van der Waals surface area contributed by atoms with Crippen LogP contribution in [0, 0.1) is 0 Å². The average molecular weight is 431 g/mol. The van der Waals surface area contributed by atoms with E-state index in [-0.39, 0.29) is 5.91 Å². The first-order chi connectivity index (χ1) is 15.5. The molecule has 0 saturated heterocycles. The minimum atomic E-state index is -0.206. The third kappa shape index (κ3) is 5.92. The molecule has 3 aromatic rings. The van der Waals surface area contributed by atoms with Gasteiger partial charge in [0.2, 0.25) is 11.7 Å². The van der Waals surface area contributed by atoms with Gasteiger partial charge >= 0.3 is 0 Å². The van der Waals surface area contributed by atoms with Crippen molar-refractivity contribution in [1.82, 2.24) is 0 Å². The minimum Gasteiger partial charge on any atom is -0.493 e. The van der Waals surface area contributed by atoms with Gasteiger partial charge in [-0.25, -0.2) is 0 Å². The Balaban J connectivity index is 1.65. The highest BCUT2D eigenvalue weighted by molar-refractivity contribution is 6.02. The number of carbonyl (C=O) groups excluding carboxylic acids is 1. The van der Waals surface area contributed by atoms with E-state index in [0.717, 1.165) is 16.7 Å². The molecular formula is C26H26N2O4. The number of amides is 1. The zero-order valence-electron chi connectivity index (χ0n) is 18.3. The summed E-state index contributed by atoms with van der Waals surface area (Å²) in [7, 11) is 4.75. The molecule has 0 spiro atoms. The lowest BCUT2D eigenvalue weighted by atomic mass is 10.1. The molecule has 1 amide bonds. The maximum atomic E-state index is 12.2. The molecule has 6 heteroatoms. The predicted octanol–water partition coefficient (Wildman–Crippen LogP) is 5.12. The number of nitrogen functional groups attached to an aromatic ring is 1. The van der Waals surface area contributed by atoms with Gasteiger partial charge in [0.15, 0.2) is 11.5 Å². The number of nitrogens with two attached hydrogens (primary N) is 1. The van der Waals surface area contributed by atoms with Crippen LogP contribution in [0.3, 0.4) is 0 Å². The molecule has 0 atom stereocenters. The van der Waals surface area contributed by atoms with Gasteiger partial charge in [0.1, 0.15) is 0 Å². The van der Waals surface area contributed by atoms with Crippen LogP contribution < -0.4 is 25.3 Å². The Morgan fingerprint density at radius 1 is 0.750 bits per heavy atom. The summed E-state index contributed by atoms with van der Waals surface area (Å²) >= 11 is 0. The van der Waals surface area contributed by atoms with Gasteiger partial charge in [-0.15, -0.1) is 0 Å². The fourth-order valence-electron chi connectivity index (χ4n) is 3.03.